The standard InChI is InChI=1S/C25H23Cl2N5O3S/c26-19-7-6-16(12-20(19)27)13-28-23(34)21-22(33)24(35)32-15-18(36-25(32)29-21)14-30-8-10-31(11-9-30)17-4-2-1-3-5-17/h1-7,12,15,33H,8-11,13-14H2,(H,28,34). The second kappa shape index (κ2) is 10.5. The molecule has 11 heteroatoms. The summed E-state index contributed by atoms with van der Waals surface area (Å²) in [7, 11) is 0. The van der Waals surface area contributed by atoms with Crippen LogP contribution in [0, 0.1) is 0 Å². The summed E-state index contributed by atoms with van der Waals surface area (Å²) in [4.78, 5) is 35.7. The normalized spacial score (nSPS) is 14.3. The highest BCUT2D eigenvalue weighted by Crippen LogP contribution is 2.24. The van der Waals surface area contributed by atoms with E-state index in [4.69, 9.17) is 23.2 Å². The summed E-state index contributed by atoms with van der Waals surface area (Å²) in [6, 6.07) is 15.3. The molecule has 1 aliphatic heterocycles. The Morgan fingerprint density at radius 3 is 2.53 bits per heavy atom. The number of benzene rings is 2. The number of hydrogen-bond donors (Lipinski definition) is 2. The number of carbonyl (C=O) groups excluding carboxylic acids is 1. The molecule has 2 N–H and O–H groups in total. The first-order valence-electron chi connectivity index (χ1n) is 11.4. The molecule has 36 heavy (non-hydrogen) atoms. The van der Waals surface area contributed by atoms with Gasteiger partial charge >= 0.3 is 5.56 Å². The third kappa shape index (κ3) is 5.19. The number of amides is 1. The largest absolute Gasteiger partial charge is 0.501 e. The van der Waals surface area contributed by atoms with E-state index in [1.165, 1.54) is 21.4 Å². The Balaban J connectivity index is 1.27. The van der Waals surface area contributed by atoms with Gasteiger partial charge in [-0.3, -0.25) is 18.9 Å². The van der Waals surface area contributed by atoms with Crippen molar-refractivity contribution >= 4 is 51.1 Å². The van der Waals surface area contributed by atoms with Crippen molar-refractivity contribution in [3.05, 3.63) is 91.3 Å². The monoisotopic (exact) mass is 543 g/mol. The van der Waals surface area contributed by atoms with Crippen LogP contribution >= 0.6 is 34.5 Å². The summed E-state index contributed by atoms with van der Waals surface area (Å²) in [6.45, 7) is 4.41. The predicted molar refractivity (Wildman–Crippen MR) is 143 cm³/mol. The van der Waals surface area contributed by atoms with Crippen LogP contribution in [0.15, 0.2) is 59.5 Å². The Bertz CT molecular complexity index is 1470. The van der Waals surface area contributed by atoms with E-state index in [1.54, 1.807) is 24.4 Å². The van der Waals surface area contributed by atoms with Gasteiger partial charge in [-0.2, -0.15) is 0 Å². The molecule has 186 valence electrons. The number of fused-ring (bicyclic) bond motifs is 1. The molecule has 1 aliphatic rings. The molecule has 4 aromatic rings. The molecule has 1 amide bonds. The van der Waals surface area contributed by atoms with Gasteiger partial charge in [0, 0.05) is 56.0 Å². The average Bonchev–Trinajstić information content (AvgIpc) is 3.30. The number of hydrogen-bond acceptors (Lipinski definition) is 7. The number of nitrogens with zero attached hydrogens (tertiary/aromatic N) is 4. The number of thiazole rings is 1. The van der Waals surface area contributed by atoms with Gasteiger partial charge in [-0.15, -0.1) is 0 Å². The molecule has 0 saturated carbocycles. The zero-order valence-electron chi connectivity index (χ0n) is 19.2. The highest BCUT2D eigenvalue weighted by atomic mass is 35.5. The first-order valence-corrected chi connectivity index (χ1v) is 12.9. The molecular formula is C25H23Cl2N5O3S. The van der Waals surface area contributed by atoms with Crippen LogP contribution in [0.1, 0.15) is 20.9 Å². The number of nitrogens with one attached hydrogen (secondary N) is 1. The van der Waals surface area contributed by atoms with E-state index in [0.29, 0.717) is 21.6 Å². The maximum absolute atomic E-state index is 12.8. The third-order valence-corrected chi connectivity index (χ3v) is 7.79. The summed E-state index contributed by atoms with van der Waals surface area (Å²) in [5.74, 6) is -1.33. The lowest BCUT2D eigenvalue weighted by molar-refractivity contribution is 0.0943. The summed E-state index contributed by atoms with van der Waals surface area (Å²) < 4.78 is 1.30. The smallest absolute Gasteiger partial charge is 0.301 e. The number of aromatic nitrogens is 2. The van der Waals surface area contributed by atoms with E-state index in [-0.39, 0.29) is 12.2 Å². The van der Waals surface area contributed by atoms with Gasteiger partial charge in [0.2, 0.25) is 5.75 Å². The molecule has 2 aromatic heterocycles. The number of aromatic hydroxyl groups is 1. The summed E-state index contributed by atoms with van der Waals surface area (Å²) >= 11 is 13.3. The van der Waals surface area contributed by atoms with Gasteiger partial charge in [0.15, 0.2) is 10.7 Å². The summed E-state index contributed by atoms with van der Waals surface area (Å²) in [5.41, 5.74) is 0.969. The third-order valence-electron chi connectivity index (χ3n) is 6.08. The Labute approximate surface area is 221 Å². The van der Waals surface area contributed by atoms with Crippen molar-refractivity contribution in [2.45, 2.75) is 13.1 Å². The van der Waals surface area contributed by atoms with Crippen LogP contribution in [0.25, 0.3) is 4.96 Å². The zero-order chi connectivity index (χ0) is 25.2. The van der Waals surface area contributed by atoms with Crippen LogP contribution in [-0.2, 0) is 13.1 Å². The molecule has 0 unspecified atom stereocenters. The number of para-hydroxylation sites is 1. The summed E-state index contributed by atoms with van der Waals surface area (Å²) in [5, 5.41) is 13.9. The van der Waals surface area contributed by atoms with Crippen LogP contribution in [0.5, 0.6) is 5.75 Å². The fourth-order valence-electron chi connectivity index (χ4n) is 4.15. The highest BCUT2D eigenvalue weighted by Gasteiger charge is 2.22. The van der Waals surface area contributed by atoms with Crippen molar-refractivity contribution < 1.29 is 9.90 Å². The Morgan fingerprint density at radius 1 is 1.06 bits per heavy atom. The van der Waals surface area contributed by atoms with Gasteiger partial charge in [0.05, 0.1) is 10.0 Å². The van der Waals surface area contributed by atoms with Crippen LogP contribution < -0.4 is 15.8 Å². The number of halogens is 2. The molecule has 8 nitrogen and oxygen atoms in total. The minimum absolute atomic E-state index is 0.140. The lowest BCUT2D eigenvalue weighted by Crippen LogP contribution is -2.45. The second-order valence-corrected chi connectivity index (χ2v) is 10.4. The molecule has 0 aliphatic carbocycles. The molecule has 0 atom stereocenters. The first kappa shape index (κ1) is 24.6. The fraction of sp³-hybridized carbons (Fsp3) is 0.240. The quantitative estimate of drug-likeness (QED) is 0.381. The van der Waals surface area contributed by atoms with Crippen molar-refractivity contribution in [1.82, 2.24) is 19.6 Å². The average molecular weight is 544 g/mol. The lowest BCUT2D eigenvalue weighted by atomic mass is 10.2. The van der Waals surface area contributed by atoms with Gasteiger partial charge in [0.1, 0.15) is 0 Å². The topological polar surface area (TPSA) is 90.2 Å². The van der Waals surface area contributed by atoms with E-state index in [0.717, 1.165) is 36.6 Å². The summed E-state index contributed by atoms with van der Waals surface area (Å²) in [6.07, 6.45) is 1.69. The molecule has 2 aromatic carbocycles. The lowest BCUT2D eigenvalue weighted by Gasteiger charge is -2.35. The molecule has 0 bridgehead atoms. The molecule has 3 heterocycles. The van der Waals surface area contributed by atoms with Gasteiger partial charge in [-0.05, 0) is 29.8 Å². The number of anilines is 1. The minimum atomic E-state index is -0.681. The minimum Gasteiger partial charge on any atom is -0.501 e. The Morgan fingerprint density at radius 2 is 1.81 bits per heavy atom. The van der Waals surface area contributed by atoms with Crippen molar-refractivity contribution in [2.24, 2.45) is 0 Å². The molecule has 1 fully saturated rings. The van der Waals surface area contributed by atoms with Crippen LogP contribution in [0.2, 0.25) is 10.0 Å². The van der Waals surface area contributed by atoms with E-state index in [2.05, 4.69) is 32.2 Å². The van der Waals surface area contributed by atoms with Crippen LogP contribution in [-0.4, -0.2) is 51.5 Å². The zero-order valence-corrected chi connectivity index (χ0v) is 21.5. The first-order chi connectivity index (χ1) is 17.4. The highest BCUT2D eigenvalue weighted by molar-refractivity contribution is 7.17. The second-order valence-electron chi connectivity index (χ2n) is 8.49. The number of carbonyl (C=O) groups is 1. The van der Waals surface area contributed by atoms with Crippen LogP contribution in [0.4, 0.5) is 5.69 Å². The van der Waals surface area contributed by atoms with Crippen LogP contribution in [0.3, 0.4) is 0 Å². The maximum atomic E-state index is 12.8. The van der Waals surface area contributed by atoms with Crippen molar-refractivity contribution in [1.29, 1.82) is 0 Å². The van der Waals surface area contributed by atoms with E-state index < -0.39 is 17.2 Å². The molecule has 5 rings (SSSR count). The van der Waals surface area contributed by atoms with Gasteiger partial charge in [0.25, 0.3) is 5.91 Å². The SMILES string of the molecule is O=C(NCc1ccc(Cl)c(Cl)c1)c1nc2sc(CN3CCN(c4ccccc4)CC3)cn2c(=O)c1O. The molecule has 0 spiro atoms. The number of piperazine rings is 1. The number of rotatable bonds is 6. The van der Waals surface area contributed by atoms with Gasteiger partial charge in [-0.25, -0.2) is 4.98 Å². The molecule has 0 radical (unpaired) electrons. The Kier molecular flexibility index (Phi) is 7.15. The molecule has 1 saturated heterocycles. The molecular weight excluding hydrogens is 521 g/mol. The fourth-order valence-corrected chi connectivity index (χ4v) is 5.48. The van der Waals surface area contributed by atoms with Crippen molar-refractivity contribution in [3.63, 3.8) is 0 Å². The van der Waals surface area contributed by atoms with E-state index in [9.17, 15) is 14.7 Å². The van der Waals surface area contributed by atoms with Crippen molar-refractivity contribution in [2.75, 3.05) is 31.1 Å². The van der Waals surface area contributed by atoms with E-state index >= 15 is 0 Å². The van der Waals surface area contributed by atoms with Crippen molar-refractivity contribution in [3.8, 4) is 5.75 Å². The van der Waals surface area contributed by atoms with Gasteiger partial charge < -0.3 is 15.3 Å². The Hall–Kier alpha value is -3.11. The predicted octanol–water partition coefficient (Wildman–Crippen LogP) is 4.02. The van der Waals surface area contributed by atoms with Gasteiger partial charge in [-0.1, -0.05) is 58.8 Å². The van der Waals surface area contributed by atoms with E-state index in [1.807, 2.05) is 18.2 Å². The maximum Gasteiger partial charge on any atom is 0.301 e.